The van der Waals surface area contributed by atoms with E-state index >= 15 is 0 Å². The summed E-state index contributed by atoms with van der Waals surface area (Å²) in [5, 5.41) is 3.14. The highest BCUT2D eigenvalue weighted by molar-refractivity contribution is 5.90. The van der Waals surface area contributed by atoms with Crippen molar-refractivity contribution in [3.8, 4) is 0 Å². The fourth-order valence-electron chi connectivity index (χ4n) is 0.957. The lowest BCUT2D eigenvalue weighted by Gasteiger charge is -2.03. The van der Waals surface area contributed by atoms with Gasteiger partial charge in [-0.15, -0.1) is 0 Å². The summed E-state index contributed by atoms with van der Waals surface area (Å²) in [7, 11) is 2.30. The Hall–Kier alpha value is -1.53. The first-order chi connectivity index (χ1) is 6.36. The number of aryl methyl sites for hydroxylation is 1. The molecule has 0 aliphatic carbocycles. The van der Waals surface area contributed by atoms with Crippen LogP contribution in [0, 0.1) is 0 Å². The average Bonchev–Trinajstić information content (AvgIpc) is 2.45. The summed E-state index contributed by atoms with van der Waals surface area (Å²) >= 11 is 0. The minimum atomic E-state index is -4.65. The number of esters is 1. The third-order valence-corrected chi connectivity index (χ3v) is 1.50. The van der Waals surface area contributed by atoms with E-state index < -0.39 is 23.4 Å². The van der Waals surface area contributed by atoms with Gasteiger partial charge in [0.05, 0.1) is 7.11 Å². The van der Waals surface area contributed by atoms with Crippen LogP contribution in [0.15, 0.2) is 6.20 Å². The Labute approximate surface area is 77.3 Å². The first-order valence-corrected chi connectivity index (χ1v) is 3.55. The van der Waals surface area contributed by atoms with Crippen molar-refractivity contribution < 1.29 is 22.7 Å². The van der Waals surface area contributed by atoms with E-state index in [2.05, 4.69) is 9.84 Å². The first-order valence-electron chi connectivity index (χ1n) is 3.55. The van der Waals surface area contributed by atoms with Gasteiger partial charge < -0.3 is 4.74 Å². The molecule has 0 bridgehead atoms. The van der Waals surface area contributed by atoms with Gasteiger partial charge in [0.25, 0.3) is 0 Å². The number of nitrogens with zero attached hydrogens (tertiary/aromatic N) is 2. The topological polar surface area (TPSA) is 44.1 Å². The maximum atomic E-state index is 12.3. The van der Waals surface area contributed by atoms with Crippen molar-refractivity contribution in [1.29, 1.82) is 0 Å². The molecule has 0 N–H and O–H groups in total. The van der Waals surface area contributed by atoms with Gasteiger partial charge in [-0.2, -0.15) is 18.3 Å². The second-order valence-electron chi connectivity index (χ2n) is 2.55. The van der Waals surface area contributed by atoms with Crippen LogP contribution in [0.25, 0.3) is 0 Å². The summed E-state index contributed by atoms with van der Waals surface area (Å²) in [6, 6.07) is 0. The molecule has 0 aromatic carbocycles. The van der Waals surface area contributed by atoms with Crippen LogP contribution in [0.2, 0.25) is 0 Å². The van der Waals surface area contributed by atoms with Gasteiger partial charge in [-0.05, 0) is 0 Å². The number of carbonyl (C=O) groups excluding carboxylic acids is 1. The van der Waals surface area contributed by atoms with Crippen LogP contribution < -0.4 is 0 Å². The van der Waals surface area contributed by atoms with Gasteiger partial charge in [0.2, 0.25) is 0 Å². The van der Waals surface area contributed by atoms with Gasteiger partial charge in [-0.3, -0.25) is 4.68 Å². The quantitative estimate of drug-likeness (QED) is 0.652. The molecule has 1 heterocycles. The number of halogens is 3. The summed E-state index contributed by atoms with van der Waals surface area (Å²) in [6.07, 6.45) is -3.68. The van der Waals surface area contributed by atoms with Crippen LogP contribution >= 0.6 is 0 Å². The maximum Gasteiger partial charge on any atom is 0.436 e. The first kappa shape index (κ1) is 10.6. The largest absolute Gasteiger partial charge is 0.465 e. The molecule has 0 radical (unpaired) electrons. The van der Waals surface area contributed by atoms with E-state index in [-0.39, 0.29) is 0 Å². The summed E-state index contributed by atoms with van der Waals surface area (Å²) in [5.74, 6) is -1.05. The minimum absolute atomic E-state index is 0.581. The van der Waals surface area contributed by atoms with Crippen molar-refractivity contribution in [3.63, 3.8) is 0 Å². The van der Waals surface area contributed by atoms with Crippen molar-refractivity contribution in [2.45, 2.75) is 6.18 Å². The number of aromatic nitrogens is 2. The Balaban J connectivity index is 3.23. The molecule has 1 aromatic heterocycles. The molecule has 0 saturated carbocycles. The molecule has 4 nitrogen and oxygen atoms in total. The molecule has 14 heavy (non-hydrogen) atoms. The van der Waals surface area contributed by atoms with E-state index in [1.807, 2.05) is 0 Å². The summed E-state index contributed by atoms with van der Waals surface area (Å²) in [6.45, 7) is 0. The minimum Gasteiger partial charge on any atom is -0.465 e. The van der Waals surface area contributed by atoms with Crippen LogP contribution in [-0.2, 0) is 18.0 Å². The van der Waals surface area contributed by atoms with E-state index in [4.69, 9.17) is 0 Å². The fraction of sp³-hybridized carbons (Fsp3) is 0.429. The van der Waals surface area contributed by atoms with Gasteiger partial charge in [-0.25, -0.2) is 4.79 Å². The van der Waals surface area contributed by atoms with E-state index in [1.165, 1.54) is 7.05 Å². The Morgan fingerprint density at radius 1 is 1.57 bits per heavy atom. The van der Waals surface area contributed by atoms with Crippen LogP contribution in [0.5, 0.6) is 0 Å². The van der Waals surface area contributed by atoms with E-state index in [9.17, 15) is 18.0 Å². The SMILES string of the molecule is COC(=O)c1cn(C)nc1C(F)(F)F. The van der Waals surface area contributed by atoms with E-state index in [1.54, 1.807) is 0 Å². The van der Waals surface area contributed by atoms with Crippen molar-refractivity contribution >= 4 is 5.97 Å². The molecule has 0 aliphatic rings. The summed E-state index contributed by atoms with van der Waals surface area (Å²) in [4.78, 5) is 10.9. The number of methoxy groups -OCH3 is 1. The van der Waals surface area contributed by atoms with E-state index in [0.29, 0.717) is 0 Å². The maximum absolute atomic E-state index is 12.3. The number of ether oxygens (including phenoxy) is 1. The third-order valence-electron chi connectivity index (χ3n) is 1.50. The molecule has 78 valence electrons. The Kier molecular flexibility index (Phi) is 2.50. The van der Waals surface area contributed by atoms with Gasteiger partial charge >= 0.3 is 12.1 Å². The zero-order valence-electron chi connectivity index (χ0n) is 7.42. The van der Waals surface area contributed by atoms with Gasteiger partial charge in [0.15, 0.2) is 5.69 Å². The van der Waals surface area contributed by atoms with Gasteiger partial charge in [0.1, 0.15) is 5.56 Å². The lowest BCUT2D eigenvalue weighted by molar-refractivity contribution is -0.142. The van der Waals surface area contributed by atoms with Crippen LogP contribution in [0.3, 0.4) is 0 Å². The number of carbonyl (C=O) groups is 1. The standard InChI is InChI=1S/C7H7F3N2O2/c1-12-3-4(6(13)14-2)5(11-12)7(8,9)10/h3H,1-2H3. The molecule has 0 spiro atoms. The molecule has 0 amide bonds. The highest BCUT2D eigenvalue weighted by atomic mass is 19.4. The number of hydrogen-bond donors (Lipinski definition) is 0. The molecule has 7 heteroatoms. The van der Waals surface area contributed by atoms with Gasteiger partial charge in [0, 0.05) is 13.2 Å². The Bertz CT molecular complexity index is 356. The highest BCUT2D eigenvalue weighted by Gasteiger charge is 2.39. The third kappa shape index (κ3) is 1.86. The van der Waals surface area contributed by atoms with Crippen molar-refractivity contribution in [1.82, 2.24) is 9.78 Å². The smallest absolute Gasteiger partial charge is 0.436 e. The second kappa shape index (κ2) is 3.32. The summed E-state index contributed by atoms with van der Waals surface area (Å²) in [5.41, 5.74) is -1.81. The Morgan fingerprint density at radius 2 is 2.14 bits per heavy atom. The molecule has 0 unspecified atom stereocenters. The normalized spacial score (nSPS) is 11.5. The zero-order chi connectivity index (χ0) is 10.9. The second-order valence-corrected chi connectivity index (χ2v) is 2.55. The predicted octanol–water partition coefficient (Wildman–Crippen LogP) is 1.23. The number of rotatable bonds is 1. The number of hydrogen-bond acceptors (Lipinski definition) is 3. The molecule has 0 fully saturated rings. The van der Waals surface area contributed by atoms with Crippen LogP contribution in [0.4, 0.5) is 13.2 Å². The lowest BCUT2D eigenvalue weighted by Crippen LogP contribution is -2.13. The van der Waals surface area contributed by atoms with Crippen LogP contribution in [0.1, 0.15) is 16.1 Å². The monoisotopic (exact) mass is 208 g/mol. The zero-order valence-corrected chi connectivity index (χ0v) is 7.42. The fourth-order valence-corrected chi connectivity index (χ4v) is 0.957. The molecule has 1 rings (SSSR count). The molecule has 0 aliphatic heterocycles. The van der Waals surface area contributed by atoms with Crippen molar-refractivity contribution in [2.75, 3.05) is 7.11 Å². The molecule has 1 aromatic rings. The van der Waals surface area contributed by atoms with Crippen molar-refractivity contribution in [3.05, 3.63) is 17.5 Å². The lowest BCUT2D eigenvalue weighted by atomic mass is 10.2. The average molecular weight is 208 g/mol. The molecular formula is C7H7F3N2O2. The van der Waals surface area contributed by atoms with Gasteiger partial charge in [-0.1, -0.05) is 0 Å². The summed E-state index contributed by atoms with van der Waals surface area (Å²) < 4.78 is 41.9. The molecule has 0 saturated heterocycles. The molecular weight excluding hydrogens is 201 g/mol. The van der Waals surface area contributed by atoms with Crippen LogP contribution in [-0.4, -0.2) is 22.9 Å². The Morgan fingerprint density at radius 3 is 2.57 bits per heavy atom. The van der Waals surface area contributed by atoms with E-state index in [0.717, 1.165) is 18.0 Å². The molecule has 0 atom stereocenters. The highest BCUT2D eigenvalue weighted by Crippen LogP contribution is 2.30. The number of alkyl halides is 3. The predicted molar refractivity (Wildman–Crippen MR) is 39.5 cm³/mol. The van der Waals surface area contributed by atoms with Crippen molar-refractivity contribution in [2.24, 2.45) is 7.05 Å².